The highest BCUT2D eigenvalue weighted by Gasteiger charge is 2.35. The average molecular weight is 388 g/mol. The summed E-state index contributed by atoms with van der Waals surface area (Å²) in [6, 6.07) is 6.90. The standard InChI is InChI=1S/C22H33N3O3/c1-2-23-21(25-18-6-4-3-5-7-18)24-15-22(10-12-26-13-11-22)17-8-9-19-20(14-17)28-16-27-19/h8-9,14,18H,2-7,10-13,15-16H2,1H3,(H2,23,24,25). The van der Waals surface area contributed by atoms with Gasteiger partial charge in [-0.3, -0.25) is 4.99 Å². The normalized spacial score (nSPS) is 22.1. The minimum atomic E-state index is -0.0197. The SMILES string of the molecule is CCNC(=NCC1(c2ccc3c(c2)OCO3)CCOCC1)NC1CCCCC1. The number of hydrogen-bond donors (Lipinski definition) is 2. The molecule has 4 rings (SSSR count). The Kier molecular flexibility index (Phi) is 6.25. The van der Waals surface area contributed by atoms with Gasteiger partial charge in [-0.05, 0) is 50.3 Å². The third-order valence-corrected chi connectivity index (χ3v) is 6.26. The summed E-state index contributed by atoms with van der Waals surface area (Å²) in [7, 11) is 0. The molecule has 0 bridgehead atoms. The highest BCUT2D eigenvalue weighted by Crippen LogP contribution is 2.41. The molecule has 6 nitrogen and oxygen atoms in total. The van der Waals surface area contributed by atoms with E-state index in [9.17, 15) is 0 Å². The summed E-state index contributed by atoms with van der Waals surface area (Å²) >= 11 is 0. The minimum Gasteiger partial charge on any atom is -0.454 e. The molecule has 2 heterocycles. The Balaban J connectivity index is 1.53. The summed E-state index contributed by atoms with van der Waals surface area (Å²) in [5.74, 6) is 2.63. The Morgan fingerprint density at radius 2 is 1.89 bits per heavy atom. The van der Waals surface area contributed by atoms with Crippen molar-refractivity contribution >= 4 is 5.96 Å². The van der Waals surface area contributed by atoms with Crippen LogP contribution < -0.4 is 20.1 Å². The molecule has 2 aliphatic heterocycles. The average Bonchev–Trinajstić information content (AvgIpc) is 3.22. The topological polar surface area (TPSA) is 64.1 Å². The van der Waals surface area contributed by atoms with Gasteiger partial charge in [0, 0.05) is 31.2 Å². The maximum absolute atomic E-state index is 5.68. The van der Waals surface area contributed by atoms with Gasteiger partial charge < -0.3 is 24.8 Å². The van der Waals surface area contributed by atoms with Gasteiger partial charge in [0.2, 0.25) is 6.79 Å². The van der Waals surface area contributed by atoms with Crippen LogP contribution in [0.15, 0.2) is 23.2 Å². The van der Waals surface area contributed by atoms with Crippen molar-refractivity contribution in [3.63, 3.8) is 0 Å². The van der Waals surface area contributed by atoms with E-state index in [0.29, 0.717) is 12.8 Å². The maximum Gasteiger partial charge on any atom is 0.231 e. The van der Waals surface area contributed by atoms with E-state index in [2.05, 4.69) is 29.7 Å². The molecule has 0 atom stereocenters. The molecule has 0 aromatic heterocycles. The Bertz CT molecular complexity index is 680. The molecule has 1 aliphatic carbocycles. The van der Waals surface area contributed by atoms with Crippen molar-refractivity contribution in [2.75, 3.05) is 33.1 Å². The summed E-state index contributed by atoms with van der Waals surface area (Å²) in [4.78, 5) is 5.04. The molecule has 0 amide bonds. The van der Waals surface area contributed by atoms with E-state index in [1.807, 2.05) is 6.07 Å². The molecule has 1 saturated carbocycles. The van der Waals surface area contributed by atoms with E-state index in [1.165, 1.54) is 37.7 Å². The Hall–Kier alpha value is -1.95. The van der Waals surface area contributed by atoms with Gasteiger partial charge in [-0.2, -0.15) is 0 Å². The van der Waals surface area contributed by atoms with E-state index < -0.39 is 0 Å². The van der Waals surface area contributed by atoms with Crippen LogP contribution in [0.4, 0.5) is 0 Å². The second kappa shape index (κ2) is 9.03. The Labute approximate surface area is 168 Å². The number of ether oxygens (including phenoxy) is 3. The Morgan fingerprint density at radius 1 is 1.11 bits per heavy atom. The molecular weight excluding hydrogens is 354 g/mol. The predicted octanol–water partition coefficient (Wildman–Crippen LogP) is 3.35. The van der Waals surface area contributed by atoms with E-state index in [0.717, 1.165) is 56.6 Å². The van der Waals surface area contributed by atoms with E-state index in [4.69, 9.17) is 19.2 Å². The first kappa shape index (κ1) is 19.4. The van der Waals surface area contributed by atoms with E-state index in [1.54, 1.807) is 0 Å². The lowest BCUT2D eigenvalue weighted by Gasteiger charge is -2.37. The first-order chi connectivity index (χ1) is 13.8. The molecule has 1 saturated heterocycles. The summed E-state index contributed by atoms with van der Waals surface area (Å²) in [6.45, 7) is 5.60. The Morgan fingerprint density at radius 3 is 2.68 bits per heavy atom. The fraction of sp³-hybridized carbons (Fsp3) is 0.682. The van der Waals surface area contributed by atoms with Gasteiger partial charge in [-0.1, -0.05) is 25.3 Å². The van der Waals surface area contributed by atoms with Crippen LogP contribution in [0.1, 0.15) is 57.4 Å². The second-order valence-electron chi connectivity index (χ2n) is 8.14. The molecule has 28 heavy (non-hydrogen) atoms. The molecule has 2 fully saturated rings. The van der Waals surface area contributed by atoms with Crippen LogP contribution in [0.5, 0.6) is 11.5 Å². The number of nitrogens with zero attached hydrogens (tertiary/aromatic N) is 1. The lowest BCUT2D eigenvalue weighted by Crippen LogP contribution is -2.45. The van der Waals surface area contributed by atoms with Crippen molar-refractivity contribution in [2.24, 2.45) is 4.99 Å². The largest absolute Gasteiger partial charge is 0.454 e. The van der Waals surface area contributed by atoms with Crippen LogP contribution in [0.25, 0.3) is 0 Å². The fourth-order valence-corrected chi connectivity index (χ4v) is 4.52. The molecule has 6 heteroatoms. The van der Waals surface area contributed by atoms with Gasteiger partial charge >= 0.3 is 0 Å². The first-order valence-electron chi connectivity index (χ1n) is 10.8. The number of benzene rings is 1. The third-order valence-electron chi connectivity index (χ3n) is 6.26. The van der Waals surface area contributed by atoms with Gasteiger partial charge in [-0.15, -0.1) is 0 Å². The number of guanidine groups is 1. The lowest BCUT2D eigenvalue weighted by atomic mass is 9.74. The molecule has 2 N–H and O–H groups in total. The van der Waals surface area contributed by atoms with Gasteiger partial charge in [0.05, 0.1) is 6.54 Å². The third kappa shape index (κ3) is 4.37. The number of nitrogens with one attached hydrogen (secondary N) is 2. The van der Waals surface area contributed by atoms with E-state index in [-0.39, 0.29) is 5.41 Å². The zero-order valence-corrected chi connectivity index (χ0v) is 17.0. The molecule has 3 aliphatic rings. The molecule has 1 aromatic carbocycles. The minimum absolute atomic E-state index is 0.0197. The van der Waals surface area contributed by atoms with Crippen molar-refractivity contribution in [1.82, 2.24) is 10.6 Å². The molecule has 0 unspecified atom stereocenters. The highest BCUT2D eigenvalue weighted by atomic mass is 16.7. The molecule has 154 valence electrons. The molecule has 0 spiro atoms. The van der Waals surface area contributed by atoms with Gasteiger partial charge in [-0.25, -0.2) is 0 Å². The second-order valence-corrected chi connectivity index (χ2v) is 8.14. The summed E-state index contributed by atoms with van der Waals surface area (Å²) < 4.78 is 16.8. The maximum atomic E-state index is 5.68. The fourth-order valence-electron chi connectivity index (χ4n) is 4.52. The molecular formula is C22H33N3O3. The van der Waals surface area contributed by atoms with E-state index >= 15 is 0 Å². The van der Waals surface area contributed by atoms with Crippen molar-refractivity contribution in [3.05, 3.63) is 23.8 Å². The number of hydrogen-bond acceptors (Lipinski definition) is 4. The predicted molar refractivity (Wildman–Crippen MR) is 110 cm³/mol. The van der Waals surface area contributed by atoms with Crippen molar-refractivity contribution in [2.45, 2.75) is 63.3 Å². The highest BCUT2D eigenvalue weighted by molar-refractivity contribution is 5.80. The van der Waals surface area contributed by atoms with Crippen molar-refractivity contribution < 1.29 is 14.2 Å². The molecule has 0 radical (unpaired) electrons. The number of rotatable bonds is 5. The summed E-state index contributed by atoms with van der Waals surface area (Å²) in [5, 5.41) is 7.11. The van der Waals surface area contributed by atoms with Gasteiger partial charge in [0.15, 0.2) is 17.5 Å². The van der Waals surface area contributed by atoms with Crippen LogP contribution in [0.3, 0.4) is 0 Å². The smallest absolute Gasteiger partial charge is 0.231 e. The van der Waals surface area contributed by atoms with Crippen LogP contribution in [-0.2, 0) is 10.2 Å². The van der Waals surface area contributed by atoms with Crippen LogP contribution in [0, 0.1) is 0 Å². The summed E-state index contributed by atoms with van der Waals surface area (Å²) in [5.41, 5.74) is 1.26. The van der Waals surface area contributed by atoms with Crippen LogP contribution in [-0.4, -0.2) is 45.1 Å². The summed E-state index contributed by atoms with van der Waals surface area (Å²) in [6.07, 6.45) is 8.42. The first-order valence-corrected chi connectivity index (χ1v) is 10.8. The van der Waals surface area contributed by atoms with Gasteiger partial charge in [0.1, 0.15) is 0 Å². The zero-order chi connectivity index (χ0) is 19.2. The van der Waals surface area contributed by atoms with Crippen LogP contribution in [0.2, 0.25) is 0 Å². The number of aliphatic imine (C=N–C) groups is 1. The van der Waals surface area contributed by atoms with Crippen molar-refractivity contribution in [3.8, 4) is 11.5 Å². The molecule has 1 aromatic rings. The monoisotopic (exact) mass is 387 g/mol. The lowest BCUT2D eigenvalue weighted by molar-refractivity contribution is 0.0530. The number of fused-ring (bicyclic) bond motifs is 1. The quantitative estimate of drug-likeness (QED) is 0.599. The zero-order valence-electron chi connectivity index (χ0n) is 17.0. The van der Waals surface area contributed by atoms with Crippen LogP contribution >= 0.6 is 0 Å². The van der Waals surface area contributed by atoms with Crippen molar-refractivity contribution in [1.29, 1.82) is 0 Å². The van der Waals surface area contributed by atoms with Gasteiger partial charge in [0.25, 0.3) is 0 Å².